The van der Waals surface area contributed by atoms with Gasteiger partial charge < -0.3 is 14.6 Å². The van der Waals surface area contributed by atoms with Gasteiger partial charge in [0.25, 0.3) is 5.91 Å². The van der Waals surface area contributed by atoms with Crippen LogP contribution in [0.4, 0.5) is 5.69 Å². The first-order chi connectivity index (χ1) is 20.1. The summed E-state index contributed by atoms with van der Waals surface area (Å²) < 4.78 is 41.6. The number of benzene rings is 4. The van der Waals surface area contributed by atoms with E-state index in [0.29, 0.717) is 37.6 Å². The normalized spacial score (nSPS) is 11.6. The fourth-order valence-electron chi connectivity index (χ4n) is 4.46. The molecule has 6 aromatic rings. The van der Waals surface area contributed by atoms with Crippen molar-refractivity contribution in [1.82, 2.24) is 9.97 Å². The molecule has 210 valence electrons. The first-order valence-electron chi connectivity index (χ1n) is 12.5. The van der Waals surface area contributed by atoms with Crippen molar-refractivity contribution in [2.45, 2.75) is 11.8 Å². The highest BCUT2D eigenvalue weighted by molar-refractivity contribution is 7.86. The minimum absolute atomic E-state index is 0.221. The Labute approximate surface area is 248 Å². The second-order valence-electron chi connectivity index (χ2n) is 9.33. The van der Waals surface area contributed by atoms with Gasteiger partial charge in [-0.2, -0.15) is 0 Å². The van der Waals surface area contributed by atoms with Crippen molar-refractivity contribution in [3.05, 3.63) is 95.6 Å². The lowest BCUT2D eigenvalue weighted by atomic mass is 10.1. The molecule has 0 fully saturated rings. The summed E-state index contributed by atoms with van der Waals surface area (Å²) in [6, 6.07) is 22.5. The van der Waals surface area contributed by atoms with Crippen molar-refractivity contribution in [1.29, 1.82) is 0 Å². The van der Waals surface area contributed by atoms with Crippen LogP contribution in [-0.4, -0.2) is 41.9 Å². The van der Waals surface area contributed by atoms with Crippen molar-refractivity contribution in [2.24, 2.45) is 0 Å². The van der Waals surface area contributed by atoms with E-state index in [2.05, 4.69) is 15.0 Å². The lowest BCUT2D eigenvalue weighted by molar-refractivity contribution is 0.0600. The SMILES string of the molecule is COC(=O)c1ccc(C(=O)Nc2ccc(-c3nc4ccc(-c5nc6ccc(C)c(S(=O)(=O)[O-])c6s5)cc4s3)cc2)cc1. The topological polar surface area (TPSA) is 138 Å². The number of methoxy groups -OCH3 is 1. The Kier molecular flexibility index (Phi) is 7.07. The van der Waals surface area contributed by atoms with E-state index in [-0.39, 0.29) is 10.8 Å². The van der Waals surface area contributed by atoms with Crippen LogP contribution in [0.2, 0.25) is 0 Å². The van der Waals surface area contributed by atoms with Gasteiger partial charge in [0.05, 0.1) is 38.0 Å². The van der Waals surface area contributed by atoms with Crippen LogP contribution in [0.15, 0.2) is 83.8 Å². The molecule has 0 unspecified atom stereocenters. The van der Waals surface area contributed by atoms with Crippen LogP contribution in [0.25, 0.3) is 41.6 Å². The van der Waals surface area contributed by atoms with E-state index in [0.717, 1.165) is 26.4 Å². The summed E-state index contributed by atoms with van der Waals surface area (Å²) in [5.41, 5.74) is 4.70. The minimum Gasteiger partial charge on any atom is -0.744 e. The van der Waals surface area contributed by atoms with E-state index < -0.39 is 16.1 Å². The fraction of sp³-hybridized carbons (Fsp3) is 0.0667. The number of nitrogens with one attached hydrogen (secondary N) is 1. The quantitative estimate of drug-likeness (QED) is 0.166. The first kappa shape index (κ1) is 27.7. The lowest BCUT2D eigenvalue weighted by Crippen LogP contribution is -2.12. The molecule has 1 amide bonds. The monoisotopic (exact) mass is 614 g/mol. The average molecular weight is 615 g/mol. The molecule has 0 aliphatic heterocycles. The smallest absolute Gasteiger partial charge is 0.337 e. The van der Waals surface area contributed by atoms with Crippen LogP contribution in [0.1, 0.15) is 26.3 Å². The van der Waals surface area contributed by atoms with E-state index in [9.17, 15) is 22.6 Å². The van der Waals surface area contributed by atoms with Crippen molar-refractivity contribution in [3.8, 4) is 21.1 Å². The number of amides is 1. The number of anilines is 1. The Balaban J connectivity index is 1.23. The maximum atomic E-state index is 12.6. The van der Waals surface area contributed by atoms with Crippen LogP contribution in [-0.2, 0) is 14.9 Å². The predicted octanol–water partition coefficient (Wildman–Crippen LogP) is 6.49. The van der Waals surface area contributed by atoms with Gasteiger partial charge in [-0.25, -0.2) is 23.2 Å². The molecule has 42 heavy (non-hydrogen) atoms. The third kappa shape index (κ3) is 5.28. The van der Waals surface area contributed by atoms with Gasteiger partial charge >= 0.3 is 5.97 Å². The Morgan fingerprint density at radius 2 is 1.43 bits per heavy atom. The molecule has 1 N–H and O–H groups in total. The predicted molar refractivity (Wildman–Crippen MR) is 162 cm³/mol. The number of carbonyl (C=O) groups excluding carboxylic acids is 2. The molecule has 6 rings (SSSR count). The molecular formula is C30H20N3O6S3-. The van der Waals surface area contributed by atoms with Crippen molar-refractivity contribution < 1.29 is 27.3 Å². The molecule has 2 heterocycles. The Bertz CT molecular complexity index is 2120. The summed E-state index contributed by atoms with van der Waals surface area (Å²) >= 11 is 2.67. The van der Waals surface area contributed by atoms with Gasteiger partial charge in [-0.1, -0.05) is 6.07 Å². The number of aromatic nitrogens is 2. The molecule has 0 bridgehead atoms. The molecule has 0 aliphatic carbocycles. The zero-order chi connectivity index (χ0) is 29.6. The highest BCUT2D eigenvalue weighted by Crippen LogP contribution is 2.38. The number of nitrogens with zero attached hydrogens (tertiary/aromatic N) is 2. The zero-order valence-electron chi connectivity index (χ0n) is 22.1. The number of rotatable bonds is 6. The zero-order valence-corrected chi connectivity index (χ0v) is 24.5. The Morgan fingerprint density at radius 3 is 2.12 bits per heavy atom. The van der Waals surface area contributed by atoms with Crippen LogP contribution in [0, 0.1) is 6.92 Å². The van der Waals surface area contributed by atoms with E-state index in [1.165, 1.54) is 41.9 Å². The Hall–Kier alpha value is -4.49. The molecule has 0 radical (unpaired) electrons. The standard InChI is InChI=1S/C30H21N3O6S3/c1-16-3-13-23-25(26(16)42(36,37)38)41-29(33-23)20-10-14-22-24(15-20)40-28(32-22)18-8-11-21(12-9-18)31-27(34)17-4-6-19(7-5-17)30(35)39-2/h3-15H,1-2H3,(H,31,34)(H,36,37,38)/p-1. The van der Waals surface area contributed by atoms with E-state index >= 15 is 0 Å². The lowest BCUT2D eigenvalue weighted by Gasteiger charge is -2.10. The van der Waals surface area contributed by atoms with Gasteiger partial charge in [0.1, 0.15) is 20.1 Å². The van der Waals surface area contributed by atoms with E-state index in [4.69, 9.17) is 4.98 Å². The number of esters is 1. The fourth-order valence-corrected chi connectivity index (χ4v) is 7.75. The highest BCUT2D eigenvalue weighted by atomic mass is 32.2. The van der Waals surface area contributed by atoms with E-state index in [1.807, 2.05) is 30.3 Å². The molecule has 0 saturated carbocycles. The summed E-state index contributed by atoms with van der Waals surface area (Å²) in [6.07, 6.45) is 0. The largest absolute Gasteiger partial charge is 0.744 e. The molecule has 12 heteroatoms. The number of carbonyl (C=O) groups is 2. The van der Waals surface area contributed by atoms with Gasteiger partial charge in [0.15, 0.2) is 0 Å². The third-order valence-corrected chi connectivity index (χ3v) is 9.91. The first-order valence-corrected chi connectivity index (χ1v) is 15.5. The van der Waals surface area contributed by atoms with Gasteiger partial charge in [-0.3, -0.25) is 4.79 Å². The van der Waals surface area contributed by atoms with Crippen LogP contribution in [0.3, 0.4) is 0 Å². The van der Waals surface area contributed by atoms with Gasteiger partial charge in [-0.15, -0.1) is 22.7 Å². The summed E-state index contributed by atoms with van der Waals surface area (Å²) in [5, 5.41) is 4.24. The molecule has 0 spiro atoms. The molecule has 0 atom stereocenters. The maximum Gasteiger partial charge on any atom is 0.337 e. The minimum atomic E-state index is -4.65. The third-order valence-electron chi connectivity index (χ3n) is 6.55. The van der Waals surface area contributed by atoms with Gasteiger partial charge in [0, 0.05) is 22.4 Å². The molecular weight excluding hydrogens is 595 g/mol. The van der Waals surface area contributed by atoms with Crippen LogP contribution in [0.5, 0.6) is 0 Å². The molecule has 9 nitrogen and oxygen atoms in total. The maximum absolute atomic E-state index is 12.6. The summed E-state index contributed by atoms with van der Waals surface area (Å²) in [4.78, 5) is 33.3. The Morgan fingerprint density at radius 1 is 0.810 bits per heavy atom. The highest BCUT2D eigenvalue weighted by Gasteiger charge is 2.17. The number of hydrogen-bond acceptors (Lipinski definition) is 10. The van der Waals surface area contributed by atoms with Gasteiger partial charge in [0.2, 0.25) is 0 Å². The molecule has 0 aliphatic rings. The second-order valence-corrected chi connectivity index (χ2v) is 12.7. The summed E-state index contributed by atoms with van der Waals surface area (Å²) in [7, 11) is -3.35. The number of ether oxygens (including phenoxy) is 1. The summed E-state index contributed by atoms with van der Waals surface area (Å²) in [6.45, 7) is 1.60. The number of fused-ring (bicyclic) bond motifs is 2. The summed E-state index contributed by atoms with van der Waals surface area (Å²) in [5.74, 6) is -0.779. The van der Waals surface area contributed by atoms with Crippen molar-refractivity contribution in [2.75, 3.05) is 12.4 Å². The average Bonchev–Trinajstić information content (AvgIpc) is 3.60. The van der Waals surface area contributed by atoms with E-state index in [1.54, 1.807) is 43.3 Å². The molecule has 2 aromatic heterocycles. The van der Waals surface area contributed by atoms with Crippen LogP contribution >= 0.6 is 22.7 Å². The number of thiazole rings is 2. The molecule has 0 saturated heterocycles. The molecule has 4 aromatic carbocycles. The van der Waals surface area contributed by atoms with Crippen molar-refractivity contribution in [3.63, 3.8) is 0 Å². The number of aryl methyl sites for hydroxylation is 1. The van der Waals surface area contributed by atoms with Crippen molar-refractivity contribution >= 4 is 70.8 Å². The van der Waals surface area contributed by atoms with Crippen LogP contribution < -0.4 is 5.32 Å². The second kappa shape index (κ2) is 10.7. The number of hydrogen-bond donors (Lipinski definition) is 1. The van der Waals surface area contributed by atoms with Gasteiger partial charge in [-0.05, 0) is 85.3 Å².